The average molecular weight is 272 g/mol. The summed E-state index contributed by atoms with van der Waals surface area (Å²) < 4.78 is 5.11. The number of hydrogen-bond acceptors (Lipinski definition) is 3. The number of rotatable bonds is 3. The van der Waals surface area contributed by atoms with Gasteiger partial charge in [0, 0.05) is 0 Å². The van der Waals surface area contributed by atoms with Crippen molar-refractivity contribution in [1.29, 1.82) is 0 Å². The Morgan fingerprint density at radius 2 is 2.25 bits per heavy atom. The topological polar surface area (TPSA) is 54.6 Å². The standard InChI is InChI=1S/C16H20N2O2/c1-10(2)13-6-5-11(3)15(9-13)17-18-16(19)14-7-8-20-12(14)4/h5,7-8,13H,1,6,9H2,2-4H3,(H,18,19)/t13-/m0/s1. The molecule has 0 bridgehead atoms. The number of allylic oxidation sites excluding steroid dienone is 3. The van der Waals surface area contributed by atoms with Crippen LogP contribution in [0.25, 0.3) is 0 Å². The molecule has 0 fully saturated rings. The van der Waals surface area contributed by atoms with E-state index < -0.39 is 0 Å². The number of carbonyl (C=O) groups is 1. The molecular formula is C16H20N2O2. The second kappa shape index (κ2) is 5.90. The molecule has 1 atom stereocenters. The first-order chi connectivity index (χ1) is 9.49. The highest BCUT2D eigenvalue weighted by molar-refractivity contribution is 6.02. The molecule has 2 rings (SSSR count). The van der Waals surface area contributed by atoms with Gasteiger partial charge in [-0.25, -0.2) is 5.43 Å². The Balaban J connectivity index is 2.09. The van der Waals surface area contributed by atoms with Gasteiger partial charge in [-0.3, -0.25) is 4.79 Å². The molecule has 4 nitrogen and oxygen atoms in total. The highest BCUT2D eigenvalue weighted by atomic mass is 16.3. The van der Waals surface area contributed by atoms with E-state index in [0.29, 0.717) is 17.2 Å². The van der Waals surface area contributed by atoms with Crippen LogP contribution in [-0.4, -0.2) is 11.6 Å². The third-order valence-electron chi connectivity index (χ3n) is 3.70. The fraction of sp³-hybridized carbons (Fsp3) is 0.375. The van der Waals surface area contributed by atoms with Crippen LogP contribution in [0.2, 0.25) is 0 Å². The first kappa shape index (κ1) is 14.3. The van der Waals surface area contributed by atoms with E-state index in [0.717, 1.165) is 29.7 Å². The van der Waals surface area contributed by atoms with E-state index in [2.05, 4.69) is 23.2 Å². The second-order valence-corrected chi connectivity index (χ2v) is 5.26. The maximum Gasteiger partial charge on any atom is 0.274 e. The minimum absolute atomic E-state index is 0.242. The second-order valence-electron chi connectivity index (χ2n) is 5.26. The van der Waals surface area contributed by atoms with Crippen LogP contribution in [0, 0.1) is 12.8 Å². The third kappa shape index (κ3) is 3.07. The van der Waals surface area contributed by atoms with E-state index >= 15 is 0 Å². The average Bonchev–Trinajstić information content (AvgIpc) is 2.83. The van der Waals surface area contributed by atoms with Crippen molar-refractivity contribution in [3.8, 4) is 0 Å². The first-order valence-corrected chi connectivity index (χ1v) is 6.72. The van der Waals surface area contributed by atoms with Gasteiger partial charge in [0.1, 0.15) is 5.76 Å². The number of furan rings is 1. The van der Waals surface area contributed by atoms with Crippen molar-refractivity contribution >= 4 is 11.6 Å². The van der Waals surface area contributed by atoms with Crippen molar-refractivity contribution in [2.24, 2.45) is 11.0 Å². The Kier molecular flexibility index (Phi) is 4.23. The molecule has 0 radical (unpaired) electrons. The van der Waals surface area contributed by atoms with Crippen LogP contribution in [0.1, 0.15) is 42.8 Å². The fourth-order valence-electron chi connectivity index (χ4n) is 2.22. The number of amides is 1. The van der Waals surface area contributed by atoms with Crippen molar-refractivity contribution in [3.05, 3.63) is 47.5 Å². The van der Waals surface area contributed by atoms with E-state index in [-0.39, 0.29) is 5.91 Å². The molecule has 20 heavy (non-hydrogen) atoms. The number of hydrogen-bond donors (Lipinski definition) is 1. The number of hydrazone groups is 1. The van der Waals surface area contributed by atoms with Crippen LogP contribution < -0.4 is 5.43 Å². The maximum absolute atomic E-state index is 12.0. The molecule has 1 aromatic rings. The van der Waals surface area contributed by atoms with Crippen LogP contribution in [0.4, 0.5) is 0 Å². The zero-order valence-corrected chi connectivity index (χ0v) is 12.2. The van der Waals surface area contributed by atoms with Crippen LogP contribution in [0.15, 0.2) is 45.6 Å². The molecule has 1 aliphatic carbocycles. The van der Waals surface area contributed by atoms with Gasteiger partial charge in [0.25, 0.3) is 5.91 Å². The minimum atomic E-state index is -0.242. The number of carbonyl (C=O) groups excluding carboxylic acids is 1. The molecule has 106 valence electrons. The van der Waals surface area contributed by atoms with Gasteiger partial charge in [0.2, 0.25) is 0 Å². The van der Waals surface area contributed by atoms with Gasteiger partial charge in [-0.1, -0.05) is 18.2 Å². The maximum atomic E-state index is 12.0. The summed E-state index contributed by atoms with van der Waals surface area (Å²) in [5.74, 6) is 0.762. The summed E-state index contributed by atoms with van der Waals surface area (Å²) in [6.45, 7) is 9.81. The van der Waals surface area contributed by atoms with Gasteiger partial charge < -0.3 is 4.42 Å². The lowest BCUT2D eigenvalue weighted by Crippen LogP contribution is -2.23. The zero-order chi connectivity index (χ0) is 14.7. The van der Waals surface area contributed by atoms with Crippen LogP contribution in [-0.2, 0) is 0 Å². The normalized spacial score (nSPS) is 20.6. The Hall–Kier alpha value is -2.10. The summed E-state index contributed by atoms with van der Waals surface area (Å²) in [7, 11) is 0. The van der Waals surface area contributed by atoms with Crippen molar-refractivity contribution in [3.63, 3.8) is 0 Å². The first-order valence-electron chi connectivity index (χ1n) is 6.72. The summed E-state index contributed by atoms with van der Waals surface area (Å²) in [4.78, 5) is 12.0. The zero-order valence-electron chi connectivity index (χ0n) is 12.2. The van der Waals surface area contributed by atoms with Gasteiger partial charge in [0.05, 0.1) is 17.5 Å². The Bertz CT molecular complexity index is 593. The van der Waals surface area contributed by atoms with Crippen molar-refractivity contribution in [1.82, 2.24) is 5.43 Å². The lowest BCUT2D eigenvalue weighted by atomic mass is 9.85. The number of nitrogens with zero attached hydrogens (tertiary/aromatic N) is 1. The smallest absolute Gasteiger partial charge is 0.274 e. The quantitative estimate of drug-likeness (QED) is 0.675. The van der Waals surface area contributed by atoms with Crippen LogP contribution in [0.3, 0.4) is 0 Å². The summed E-state index contributed by atoms with van der Waals surface area (Å²) in [5.41, 5.74) is 6.31. The molecular weight excluding hydrogens is 252 g/mol. The minimum Gasteiger partial charge on any atom is -0.469 e. The van der Waals surface area contributed by atoms with Gasteiger partial charge >= 0.3 is 0 Å². The Morgan fingerprint density at radius 3 is 2.85 bits per heavy atom. The molecule has 1 aromatic heterocycles. The monoisotopic (exact) mass is 272 g/mol. The highest BCUT2D eigenvalue weighted by Crippen LogP contribution is 2.26. The van der Waals surface area contributed by atoms with Crippen molar-refractivity contribution in [2.45, 2.75) is 33.6 Å². The predicted octanol–water partition coefficient (Wildman–Crippen LogP) is 3.61. The molecule has 1 N–H and O–H groups in total. The van der Waals surface area contributed by atoms with E-state index in [1.54, 1.807) is 13.0 Å². The summed E-state index contributed by atoms with van der Waals surface area (Å²) in [5, 5.41) is 4.26. The molecule has 0 saturated heterocycles. The molecule has 0 spiro atoms. The van der Waals surface area contributed by atoms with E-state index in [9.17, 15) is 4.79 Å². The van der Waals surface area contributed by atoms with E-state index in [4.69, 9.17) is 4.42 Å². The molecule has 0 saturated carbocycles. The molecule has 0 aliphatic heterocycles. The highest BCUT2D eigenvalue weighted by Gasteiger charge is 2.19. The van der Waals surface area contributed by atoms with Crippen molar-refractivity contribution < 1.29 is 9.21 Å². The van der Waals surface area contributed by atoms with Gasteiger partial charge in [0.15, 0.2) is 0 Å². The van der Waals surface area contributed by atoms with Crippen LogP contribution in [0.5, 0.6) is 0 Å². The summed E-state index contributed by atoms with van der Waals surface area (Å²) in [6.07, 6.45) is 5.47. The Labute approximate surface area is 119 Å². The van der Waals surface area contributed by atoms with Gasteiger partial charge in [-0.2, -0.15) is 5.10 Å². The lowest BCUT2D eigenvalue weighted by Gasteiger charge is -2.22. The van der Waals surface area contributed by atoms with Gasteiger partial charge in [-0.15, -0.1) is 0 Å². The predicted molar refractivity (Wildman–Crippen MR) is 79.6 cm³/mol. The Morgan fingerprint density at radius 1 is 1.50 bits per heavy atom. The SMILES string of the molecule is C=C(C)[C@H]1CC=C(C)C(=NNC(=O)c2ccoc2C)C1. The summed E-state index contributed by atoms with van der Waals surface area (Å²) >= 11 is 0. The number of aryl methyl sites for hydroxylation is 1. The third-order valence-corrected chi connectivity index (χ3v) is 3.70. The molecule has 0 unspecified atom stereocenters. The molecule has 4 heteroatoms. The van der Waals surface area contributed by atoms with Crippen LogP contribution >= 0.6 is 0 Å². The molecule has 1 heterocycles. The largest absolute Gasteiger partial charge is 0.469 e. The molecule has 1 aliphatic rings. The molecule has 1 amide bonds. The molecule has 0 aromatic carbocycles. The van der Waals surface area contributed by atoms with E-state index in [1.165, 1.54) is 6.26 Å². The summed E-state index contributed by atoms with van der Waals surface area (Å²) in [6, 6.07) is 1.64. The fourth-order valence-corrected chi connectivity index (χ4v) is 2.22. The van der Waals surface area contributed by atoms with Gasteiger partial charge in [-0.05, 0) is 51.2 Å². The van der Waals surface area contributed by atoms with E-state index in [1.807, 2.05) is 13.8 Å². The van der Waals surface area contributed by atoms with Crippen molar-refractivity contribution in [2.75, 3.05) is 0 Å². The number of nitrogens with one attached hydrogen (secondary N) is 1. The lowest BCUT2D eigenvalue weighted by molar-refractivity contribution is 0.0953.